The summed E-state index contributed by atoms with van der Waals surface area (Å²) < 4.78 is 7.02. The van der Waals surface area contributed by atoms with Crippen molar-refractivity contribution in [3.63, 3.8) is 0 Å². The van der Waals surface area contributed by atoms with Gasteiger partial charge in [-0.3, -0.25) is 9.48 Å². The van der Waals surface area contributed by atoms with E-state index in [1.165, 1.54) is 0 Å². The average Bonchev–Trinajstić information content (AvgIpc) is 3.05. The SMILES string of the molecule is CC(C(=O)N1CCOCC1)n1cc(-c2ccccc2)cn1. The summed E-state index contributed by atoms with van der Waals surface area (Å²) in [5.74, 6) is 0.0982. The zero-order chi connectivity index (χ0) is 14.7. The summed E-state index contributed by atoms with van der Waals surface area (Å²) in [5.41, 5.74) is 2.13. The highest BCUT2D eigenvalue weighted by molar-refractivity contribution is 5.80. The molecule has 1 aliphatic heterocycles. The summed E-state index contributed by atoms with van der Waals surface area (Å²) in [6.45, 7) is 4.45. The van der Waals surface area contributed by atoms with Crippen LogP contribution in [0.5, 0.6) is 0 Å². The van der Waals surface area contributed by atoms with Gasteiger partial charge in [0.2, 0.25) is 5.91 Å². The maximum Gasteiger partial charge on any atom is 0.247 e. The lowest BCUT2D eigenvalue weighted by atomic mass is 10.1. The topological polar surface area (TPSA) is 47.4 Å². The first kappa shape index (κ1) is 13.8. The molecule has 1 aromatic carbocycles. The molecule has 0 spiro atoms. The fourth-order valence-electron chi connectivity index (χ4n) is 2.49. The molecule has 3 rings (SSSR count). The highest BCUT2D eigenvalue weighted by Crippen LogP contribution is 2.20. The summed E-state index contributed by atoms with van der Waals surface area (Å²) in [5, 5.41) is 4.35. The van der Waals surface area contributed by atoms with Crippen molar-refractivity contribution in [2.24, 2.45) is 0 Å². The zero-order valence-corrected chi connectivity index (χ0v) is 12.1. The molecular weight excluding hydrogens is 266 g/mol. The Balaban J connectivity index is 1.74. The van der Waals surface area contributed by atoms with Crippen LogP contribution in [0.25, 0.3) is 11.1 Å². The van der Waals surface area contributed by atoms with Crippen LogP contribution in [0.15, 0.2) is 42.7 Å². The van der Waals surface area contributed by atoms with E-state index in [1.54, 1.807) is 10.9 Å². The first-order chi connectivity index (χ1) is 10.3. The minimum atomic E-state index is -0.291. The summed E-state index contributed by atoms with van der Waals surface area (Å²) >= 11 is 0. The van der Waals surface area contributed by atoms with Gasteiger partial charge in [-0.1, -0.05) is 30.3 Å². The molecular formula is C16H19N3O2. The molecule has 0 aliphatic carbocycles. The molecule has 1 fully saturated rings. The third-order valence-corrected chi connectivity index (χ3v) is 3.79. The standard InChI is InChI=1S/C16H19N3O2/c1-13(16(20)18-7-9-21-10-8-18)19-12-15(11-17-19)14-5-3-2-4-6-14/h2-6,11-13H,7-10H2,1H3. The van der Waals surface area contributed by atoms with E-state index in [1.807, 2.05) is 48.4 Å². The van der Waals surface area contributed by atoms with Gasteiger partial charge in [-0.15, -0.1) is 0 Å². The minimum absolute atomic E-state index is 0.0982. The van der Waals surface area contributed by atoms with Crippen molar-refractivity contribution in [1.82, 2.24) is 14.7 Å². The molecule has 1 unspecified atom stereocenters. The summed E-state index contributed by atoms with van der Waals surface area (Å²) in [6.07, 6.45) is 3.73. The van der Waals surface area contributed by atoms with E-state index >= 15 is 0 Å². The Kier molecular flexibility index (Phi) is 4.01. The third-order valence-electron chi connectivity index (χ3n) is 3.79. The summed E-state index contributed by atoms with van der Waals surface area (Å²) in [4.78, 5) is 14.3. The van der Waals surface area contributed by atoms with E-state index in [4.69, 9.17) is 4.74 Å². The molecule has 2 aromatic rings. The Morgan fingerprint density at radius 1 is 1.19 bits per heavy atom. The molecule has 1 amide bonds. The molecule has 5 nitrogen and oxygen atoms in total. The molecule has 110 valence electrons. The molecule has 1 saturated heterocycles. The number of amides is 1. The fourth-order valence-corrected chi connectivity index (χ4v) is 2.49. The number of hydrogen-bond donors (Lipinski definition) is 0. The second kappa shape index (κ2) is 6.10. The number of benzene rings is 1. The summed E-state index contributed by atoms with van der Waals surface area (Å²) in [6, 6.07) is 9.76. The maximum absolute atomic E-state index is 12.5. The van der Waals surface area contributed by atoms with Crippen molar-refractivity contribution in [2.75, 3.05) is 26.3 Å². The third kappa shape index (κ3) is 2.97. The lowest BCUT2D eigenvalue weighted by molar-refractivity contribution is -0.138. The van der Waals surface area contributed by atoms with Gasteiger partial charge in [0, 0.05) is 24.8 Å². The van der Waals surface area contributed by atoms with E-state index in [-0.39, 0.29) is 11.9 Å². The predicted octanol–water partition coefficient (Wildman–Crippen LogP) is 1.97. The zero-order valence-electron chi connectivity index (χ0n) is 12.1. The Labute approximate surface area is 124 Å². The van der Waals surface area contributed by atoms with Gasteiger partial charge in [-0.2, -0.15) is 5.10 Å². The van der Waals surface area contributed by atoms with Gasteiger partial charge in [0.25, 0.3) is 0 Å². The number of aromatic nitrogens is 2. The quantitative estimate of drug-likeness (QED) is 0.866. The number of rotatable bonds is 3. The van der Waals surface area contributed by atoms with E-state index in [2.05, 4.69) is 5.10 Å². The molecule has 0 bridgehead atoms. The van der Waals surface area contributed by atoms with Crippen molar-refractivity contribution in [1.29, 1.82) is 0 Å². The lowest BCUT2D eigenvalue weighted by Gasteiger charge is -2.29. The van der Waals surface area contributed by atoms with Crippen LogP contribution in [0.2, 0.25) is 0 Å². The first-order valence-electron chi connectivity index (χ1n) is 7.22. The van der Waals surface area contributed by atoms with Crippen molar-refractivity contribution in [2.45, 2.75) is 13.0 Å². The van der Waals surface area contributed by atoms with Gasteiger partial charge in [-0.25, -0.2) is 0 Å². The van der Waals surface area contributed by atoms with Gasteiger partial charge < -0.3 is 9.64 Å². The number of carbonyl (C=O) groups excluding carboxylic acids is 1. The molecule has 1 atom stereocenters. The van der Waals surface area contributed by atoms with Gasteiger partial charge >= 0.3 is 0 Å². The molecule has 21 heavy (non-hydrogen) atoms. The van der Waals surface area contributed by atoms with Crippen LogP contribution in [0.3, 0.4) is 0 Å². The minimum Gasteiger partial charge on any atom is -0.378 e. The van der Waals surface area contributed by atoms with Gasteiger partial charge in [0.05, 0.1) is 19.4 Å². The number of ether oxygens (including phenoxy) is 1. The highest BCUT2D eigenvalue weighted by atomic mass is 16.5. The molecule has 2 heterocycles. The molecule has 0 N–H and O–H groups in total. The molecule has 5 heteroatoms. The van der Waals surface area contributed by atoms with Gasteiger partial charge in [0.15, 0.2) is 0 Å². The van der Waals surface area contributed by atoms with E-state index in [0.717, 1.165) is 11.1 Å². The number of hydrogen-bond acceptors (Lipinski definition) is 3. The van der Waals surface area contributed by atoms with E-state index in [0.29, 0.717) is 26.3 Å². The second-order valence-electron chi connectivity index (χ2n) is 5.19. The van der Waals surface area contributed by atoms with E-state index < -0.39 is 0 Å². The van der Waals surface area contributed by atoms with Crippen LogP contribution >= 0.6 is 0 Å². The lowest BCUT2D eigenvalue weighted by Crippen LogP contribution is -2.43. The number of nitrogens with zero attached hydrogens (tertiary/aromatic N) is 3. The summed E-state index contributed by atoms with van der Waals surface area (Å²) in [7, 11) is 0. The van der Waals surface area contributed by atoms with Crippen LogP contribution in [0.1, 0.15) is 13.0 Å². The van der Waals surface area contributed by atoms with Gasteiger partial charge in [-0.05, 0) is 12.5 Å². The van der Waals surface area contributed by atoms with Crippen molar-refractivity contribution >= 4 is 5.91 Å². The number of morpholine rings is 1. The number of carbonyl (C=O) groups is 1. The maximum atomic E-state index is 12.5. The molecule has 1 aliphatic rings. The Morgan fingerprint density at radius 3 is 2.62 bits per heavy atom. The van der Waals surface area contributed by atoms with Crippen LogP contribution in [0, 0.1) is 0 Å². The molecule has 1 aromatic heterocycles. The van der Waals surface area contributed by atoms with Crippen molar-refractivity contribution in [3.8, 4) is 11.1 Å². The average molecular weight is 285 g/mol. The molecule has 0 radical (unpaired) electrons. The van der Waals surface area contributed by atoms with Crippen LogP contribution in [0.4, 0.5) is 0 Å². The Bertz CT molecular complexity index is 603. The monoisotopic (exact) mass is 285 g/mol. The largest absolute Gasteiger partial charge is 0.378 e. The first-order valence-corrected chi connectivity index (χ1v) is 7.22. The van der Waals surface area contributed by atoms with Crippen molar-refractivity contribution in [3.05, 3.63) is 42.7 Å². The van der Waals surface area contributed by atoms with Crippen LogP contribution < -0.4 is 0 Å². The predicted molar refractivity (Wildman–Crippen MR) is 79.8 cm³/mol. The normalized spacial score (nSPS) is 16.7. The van der Waals surface area contributed by atoms with Crippen LogP contribution in [-0.2, 0) is 9.53 Å². The Hall–Kier alpha value is -2.14. The highest BCUT2D eigenvalue weighted by Gasteiger charge is 2.24. The smallest absolute Gasteiger partial charge is 0.247 e. The Morgan fingerprint density at radius 2 is 1.90 bits per heavy atom. The molecule has 0 saturated carbocycles. The fraction of sp³-hybridized carbons (Fsp3) is 0.375. The van der Waals surface area contributed by atoms with E-state index in [9.17, 15) is 4.79 Å². The second-order valence-corrected chi connectivity index (χ2v) is 5.19. The van der Waals surface area contributed by atoms with Crippen LogP contribution in [-0.4, -0.2) is 46.9 Å². The van der Waals surface area contributed by atoms with Crippen molar-refractivity contribution < 1.29 is 9.53 Å². The van der Waals surface area contributed by atoms with Gasteiger partial charge in [0.1, 0.15) is 6.04 Å².